The third kappa shape index (κ3) is 4.00. The summed E-state index contributed by atoms with van der Waals surface area (Å²) >= 11 is 1.41. The zero-order chi connectivity index (χ0) is 20.4. The van der Waals surface area contributed by atoms with Crippen molar-refractivity contribution in [1.29, 1.82) is 0 Å². The summed E-state index contributed by atoms with van der Waals surface area (Å²) in [5.74, 6) is -1.19. The summed E-state index contributed by atoms with van der Waals surface area (Å²) in [5.41, 5.74) is 4.49. The Hall–Kier alpha value is -3.19. The quantitative estimate of drug-likeness (QED) is 0.644. The highest BCUT2D eigenvalue weighted by Gasteiger charge is 2.30. The number of aromatic nitrogens is 1. The van der Waals surface area contributed by atoms with Crippen LogP contribution in [0.15, 0.2) is 54.7 Å². The van der Waals surface area contributed by atoms with Gasteiger partial charge in [-0.05, 0) is 29.2 Å². The lowest BCUT2D eigenvalue weighted by Gasteiger charge is -2.17. The Bertz CT molecular complexity index is 1020. The summed E-state index contributed by atoms with van der Waals surface area (Å²) in [4.78, 5) is 29.0. The first kappa shape index (κ1) is 19.1. The van der Waals surface area contributed by atoms with Crippen molar-refractivity contribution in [2.45, 2.75) is 25.3 Å². The fraction of sp³-hybridized carbons (Fsp3) is 0.227. The minimum atomic E-state index is -1.12. The normalized spacial score (nSPS) is 13.4. The van der Waals surface area contributed by atoms with Crippen LogP contribution >= 0.6 is 11.3 Å². The average Bonchev–Trinajstić information content (AvgIpc) is 3.27. The Labute approximate surface area is 172 Å². The SMILES string of the molecule is Cc1cnc(CC(NC(=O)OCC2c3ccccc3-c3ccccc32)C(=O)O)s1. The van der Waals surface area contributed by atoms with Crippen molar-refractivity contribution in [2.75, 3.05) is 6.61 Å². The summed E-state index contributed by atoms with van der Waals surface area (Å²) in [6, 6.07) is 15.0. The van der Waals surface area contributed by atoms with E-state index in [1.807, 2.05) is 43.3 Å². The molecule has 1 atom stereocenters. The van der Waals surface area contributed by atoms with Crippen LogP contribution in [-0.2, 0) is 16.0 Å². The van der Waals surface area contributed by atoms with Crippen LogP contribution in [-0.4, -0.2) is 34.8 Å². The maximum absolute atomic E-state index is 12.3. The van der Waals surface area contributed by atoms with E-state index in [4.69, 9.17) is 4.74 Å². The molecule has 7 heteroatoms. The van der Waals surface area contributed by atoms with Gasteiger partial charge in [0.25, 0.3) is 0 Å². The maximum atomic E-state index is 12.3. The Morgan fingerprint density at radius 3 is 2.31 bits per heavy atom. The van der Waals surface area contributed by atoms with Crippen LogP contribution in [0.25, 0.3) is 11.1 Å². The highest BCUT2D eigenvalue weighted by atomic mass is 32.1. The van der Waals surface area contributed by atoms with Gasteiger partial charge in [0.05, 0.1) is 5.01 Å². The molecule has 1 unspecified atom stereocenters. The number of nitrogens with one attached hydrogen (secondary N) is 1. The number of rotatable bonds is 6. The van der Waals surface area contributed by atoms with Crippen molar-refractivity contribution in [2.24, 2.45) is 0 Å². The molecule has 2 aromatic carbocycles. The minimum absolute atomic E-state index is 0.0713. The van der Waals surface area contributed by atoms with E-state index in [9.17, 15) is 14.7 Å². The van der Waals surface area contributed by atoms with Crippen LogP contribution < -0.4 is 5.32 Å². The van der Waals surface area contributed by atoms with Crippen molar-refractivity contribution in [3.05, 3.63) is 75.7 Å². The Morgan fingerprint density at radius 2 is 1.76 bits per heavy atom. The van der Waals surface area contributed by atoms with Gasteiger partial charge < -0.3 is 15.2 Å². The van der Waals surface area contributed by atoms with E-state index in [0.29, 0.717) is 5.01 Å². The van der Waals surface area contributed by atoms with E-state index in [2.05, 4.69) is 22.4 Å². The van der Waals surface area contributed by atoms with Gasteiger partial charge in [0.15, 0.2) is 0 Å². The van der Waals surface area contributed by atoms with Gasteiger partial charge in [0.1, 0.15) is 12.6 Å². The van der Waals surface area contributed by atoms with Crippen molar-refractivity contribution >= 4 is 23.4 Å². The third-order valence-electron chi connectivity index (χ3n) is 4.98. The van der Waals surface area contributed by atoms with Gasteiger partial charge in [-0.15, -0.1) is 11.3 Å². The van der Waals surface area contributed by atoms with Crippen LogP contribution in [0, 0.1) is 6.92 Å². The predicted octanol–water partition coefficient (Wildman–Crippen LogP) is 3.99. The second kappa shape index (κ2) is 8.05. The summed E-state index contributed by atoms with van der Waals surface area (Å²) in [6.07, 6.45) is 1.07. The molecular weight excluding hydrogens is 388 g/mol. The Balaban J connectivity index is 1.43. The molecule has 148 valence electrons. The van der Waals surface area contributed by atoms with E-state index >= 15 is 0 Å². The lowest BCUT2D eigenvalue weighted by Crippen LogP contribution is -2.42. The van der Waals surface area contributed by atoms with E-state index in [1.54, 1.807) is 6.20 Å². The first-order chi connectivity index (χ1) is 14.0. The molecule has 0 fully saturated rings. The lowest BCUT2D eigenvalue weighted by atomic mass is 9.98. The number of fused-ring (bicyclic) bond motifs is 3. The largest absolute Gasteiger partial charge is 0.480 e. The van der Waals surface area contributed by atoms with Crippen LogP contribution in [0.5, 0.6) is 0 Å². The van der Waals surface area contributed by atoms with E-state index in [0.717, 1.165) is 27.1 Å². The predicted molar refractivity (Wildman–Crippen MR) is 110 cm³/mol. The number of carboxylic acid groups (broad SMARTS) is 1. The Morgan fingerprint density at radius 1 is 1.14 bits per heavy atom. The van der Waals surface area contributed by atoms with Gasteiger partial charge in [-0.2, -0.15) is 0 Å². The highest BCUT2D eigenvalue weighted by Crippen LogP contribution is 2.44. The summed E-state index contributed by atoms with van der Waals surface area (Å²) in [7, 11) is 0. The molecule has 1 heterocycles. The standard InChI is InChI=1S/C22H20N2O4S/c1-13-11-23-20(29-13)10-19(21(25)26)24-22(27)28-12-18-16-8-4-2-6-14(16)15-7-3-5-9-17(15)18/h2-9,11,18-19H,10,12H2,1H3,(H,24,27)(H,25,26). The molecule has 3 aromatic rings. The smallest absolute Gasteiger partial charge is 0.407 e. The first-order valence-electron chi connectivity index (χ1n) is 9.28. The fourth-order valence-corrected chi connectivity index (χ4v) is 4.49. The molecule has 0 saturated heterocycles. The summed E-state index contributed by atoms with van der Waals surface area (Å²) < 4.78 is 5.43. The molecular formula is C22H20N2O4S. The van der Waals surface area contributed by atoms with E-state index in [1.165, 1.54) is 11.3 Å². The molecule has 0 radical (unpaired) electrons. The molecule has 4 rings (SSSR count). The maximum Gasteiger partial charge on any atom is 0.407 e. The van der Waals surface area contributed by atoms with E-state index < -0.39 is 18.1 Å². The number of benzene rings is 2. The number of carboxylic acids is 1. The molecule has 1 aliphatic carbocycles. The third-order valence-corrected chi connectivity index (χ3v) is 5.92. The monoisotopic (exact) mass is 408 g/mol. The molecule has 1 aromatic heterocycles. The van der Waals surface area contributed by atoms with Gasteiger partial charge in [-0.3, -0.25) is 0 Å². The van der Waals surface area contributed by atoms with Gasteiger partial charge in [0.2, 0.25) is 0 Å². The van der Waals surface area contributed by atoms with Gasteiger partial charge in [0, 0.05) is 23.4 Å². The highest BCUT2D eigenvalue weighted by molar-refractivity contribution is 7.11. The Kier molecular flexibility index (Phi) is 5.31. The molecule has 6 nitrogen and oxygen atoms in total. The van der Waals surface area contributed by atoms with Gasteiger partial charge >= 0.3 is 12.1 Å². The molecule has 0 saturated carbocycles. The molecule has 0 bridgehead atoms. The van der Waals surface area contributed by atoms with Crippen molar-refractivity contribution in [1.82, 2.24) is 10.3 Å². The molecule has 1 aliphatic rings. The number of hydrogen-bond donors (Lipinski definition) is 2. The topological polar surface area (TPSA) is 88.5 Å². The number of aliphatic carboxylic acids is 1. The number of thiazole rings is 1. The van der Waals surface area contributed by atoms with Crippen LogP contribution in [0.4, 0.5) is 4.79 Å². The second-order valence-corrected chi connectivity index (χ2v) is 8.25. The number of ether oxygens (including phenoxy) is 1. The first-order valence-corrected chi connectivity index (χ1v) is 10.1. The second-order valence-electron chi connectivity index (χ2n) is 6.93. The van der Waals surface area contributed by atoms with Crippen LogP contribution in [0.1, 0.15) is 26.9 Å². The number of hydrogen-bond acceptors (Lipinski definition) is 5. The number of amides is 1. The van der Waals surface area contributed by atoms with Crippen molar-refractivity contribution in [3.63, 3.8) is 0 Å². The molecule has 0 aliphatic heterocycles. The number of aryl methyl sites for hydroxylation is 1. The summed E-state index contributed by atoms with van der Waals surface area (Å²) in [5, 5.41) is 12.5. The van der Waals surface area contributed by atoms with Crippen molar-refractivity contribution < 1.29 is 19.4 Å². The molecule has 1 amide bonds. The van der Waals surface area contributed by atoms with Crippen molar-refractivity contribution in [3.8, 4) is 11.1 Å². The summed E-state index contributed by atoms with van der Waals surface area (Å²) in [6.45, 7) is 2.04. The molecule has 0 spiro atoms. The van der Waals surface area contributed by atoms with Crippen LogP contribution in [0.3, 0.4) is 0 Å². The number of carbonyl (C=O) groups is 2. The molecule has 2 N–H and O–H groups in total. The zero-order valence-corrected chi connectivity index (χ0v) is 16.6. The number of alkyl carbamates (subject to hydrolysis) is 1. The van der Waals surface area contributed by atoms with Crippen LogP contribution in [0.2, 0.25) is 0 Å². The van der Waals surface area contributed by atoms with Gasteiger partial charge in [-0.25, -0.2) is 14.6 Å². The molecule has 29 heavy (non-hydrogen) atoms. The van der Waals surface area contributed by atoms with E-state index in [-0.39, 0.29) is 18.9 Å². The fourth-order valence-electron chi connectivity index (χ4n) is 3.65. The number of carbonyl (C=O) groups excluding carboxylic acids is 1. The van der Waals surface area contributed by atoms with Gasteiger partial charge in [-0.1, -0.05) is 48.5 Å². The lowest BCUT2D eigenvalue weighted by molar-refractivity contribution is -0.139. The number of nitrogens with zero attached hydrogens (tertiary/aromatic N) is 1. The zero-order valence-electron chi connectivity index (χ0n) is 15.8. The minimum Gasteiger partial charge on any atom is -0.480 e. The average molecular weight is 408 g/mol.